The maximum Gasteiger partial charge on any atom is 0.127 e. The SMILES string of the molecule is Cc1ccc2c3c1O[C@H]1[C@@]4(C)C=C[C@@]5([C@H](C#N)S4)[C@@H](C2)N(C)CC[C@]315. The van der Waals surface area contributed by atoms with Crippen LogP contribution in [0, 0.1) is 23.7 Å². The molecule has 0 aromatic heterocycles. The summed E-state index contributed by atoms with van der Waals surface area (Å²) in [5, 5.41) is 10.1. The number of rotatable bonds is 0. The van der Waals surface area contributed by atoms with Gasteiger partial charge in [0.1, 0.15) is 17.1 Å². The summed E-state index contributed by atoms with van der Waals surface area (Å²) in [4.78, 5) is 2.51. The van der Waals surface area contributed by atoms with E-state index in [-0.39, 0.29) is 26.9 Å². The van der Waals surface area contributed by atoms with E-state index in [2.05, 4.69) is 56.1 Å². The van der Waals surface area contributed by atoms with Gasteiger partial charge in [-0.1, -0.05) is 24.3 Å². The van der Waals surface area contributed by atoms with Crippen LogP contribution in [0.1, 0.15) is 30.0 Å². The lowest BCUT2D eigenvalue weighted by atomic mass is 9.43. The predicted octanol–water partition coefficient (Wildman–Crippen LogP) is 3.21. The Balaban J connectivity index is 1.78. The molecule has 0 saturated carbocycles. The van der Waals surface area contributed by atoms with Crippen LogP contribution in [0.25, 0.3) is 0 Å². The number of nitriles is 1. The number of hydrogen-bond acceptors (Lipinski definition) is 4. The molecular formula is C21H22N2OS. The summed E-state index contributed by atoms with van der Waals surface area (Å²) >= 11 is 1.84. The summed E-state index contributed by atoms with van der Waals surface area (Å²) in [7, 11) is 2.24. The second-order valence-electron chi connectivity index (χ2n) is 8.74. The Kier molecular flexibility index (Phi) is 2.41. The minimum absolute atomic E-state index is 0.00490. The zero-order valence-electron chi connectivity index (χ0n) is 14.9. The smallest absolute Gasteiger partial charge is 0.127 e. The van der Waals surface area contributed by atoms with E-state index >= 15 is 0 Å². The average Bonchev–Trinajstić information content (AvgIpc) is 2.97. The van der Waals surface area contributed by atoms with Gasteiger partial charge < -0.3 is 9.64 Å². The van der Waals surface area contributed by atoms with Crippen molar-refractivity contribution in [3.63, 3.8) is 0 Å². The molecule has 4 heteroatoms. The largest absolute Gasteiger partial charge is 0.487 e. The molecule has 2 spiro atoms. The van der Waals surface area contributed by atoms with Crippen LogP contribution in [-0.4, -0.2) is 40.6 Å². The zero-order chi connectivity index (χ0) is 17.2. The van der Waals surface area contributed by atoms with E-state index in [0.29, 0.717) is 6.04 Å². The molecule has 4 heterocycles. The molecule has 0 amide bonds. The van der Waals surface area contributed by atoms with Gasteiger partial charge in [0, 0.05) is 17.0 Å². The van der Waals surface area contributed by atoms with Crippen molar-refractivity contribution in [3.05, 3.63) is 41.0 Å². The van der Waals surface area contributed by atoms with Crippen LogP contribution in [-0.2, 0) is 11.8 Å². The molecule has 1 aromatic rings. The Hall–Kier alpha value is -1.44. The number of nitrogens with zero attached hydrogens (tertiary/aromatic N) is 2. The van der Waals surface area contributed by atoms with Crippen molar-refractivity contribution < 1.29 is 4.74 Å². The summed E-state index contributed by atoms with van der Waals surface area (Å²) in [5.74, 6) is 1.13. The minimum Gasteiger partial charge on any atom is -0.487 e. The Bertz CT molecular complexity index is 904. The van der Waals surface area contributed by atoms with Crippen molar-refractivity contribution in [2.75, 3.05) is 13.6 Å². The minimum atomic E-state index is -0.131. The molecule has 2 aliphatic carbocycles. The summed E-state index contributed by atoms with van der Waals surface area (Å²) in [6.07, 6.45) is 7.07. The fourth-order valence-electron chi connectivity index (χ4n) is 6.85. The van der Waals surface area contributed by atoms with Crippen LogP contribution < -0.4 is 4.74 Å². The number of likely N-dealkylation sites (N-methyl/N-ethyl adjacent to an activating group) is 1. The van der Waals surface area contributed by atoms with Gasteiger partial charge in [-0.05, 0) is 51.4 Å². The van der Waals surface area contributed by atoms with E-state index in [4.69, 9.17) is 4.74 Å². The molecule has 3 nitrogen and oxygen atoms in total. The molecule has 6 aliphatic rings. The molecule has 25 heavy (non-hydrogen) atoms. The molecular weight excluding hydrogens is 328 g/mol. The van der Waals surface area contributed by atoms with Crippen LogP contribution in [0.5, 0.6) is 5.75 Å². The summed E-state index contributed by atoms with van der Waals surface area (Å²) in [5.41, 5.74) is 3.99. The fraction of sp³-hybridized carbons (Fsp3) is 0.571. The third-order valence-electron chi connectivity index (χ3n) is 7.83. The van der Waals surface area contributed by atoms with Crippen LogP contribution in [0.2, 0.25) is 0 Å². The Labute approximate surface area is 153 Å². The van der Waals surface area contributed by atoms with Gasteiger partial charge in [0.05, 0.1) is 16.2 Å². The second-order valence-corrected chi connectivity index (χ2v) is 10.3. The molecule has 0 radical (unpaired) electrons. The number of ether oxygens (including phenoxy) is 1. The van der Waals surface area contributed by atoms with Gasteiger partial charge in [0.15, 0.2) is 0 Å². The molecule has 0 N–H and O–H groups in total. The van der Waals surface area contributed by atoms with Crippen molar-refractivity contribution in [2.45, 2.75) is 54.2 Å². The van der Waals surface area contributed by atoms with Gasteiger partial charge in [-0.25, -0.2) is 0 Å². The summed E-state index contributed by atoms with van der Waals surface area (Å²) in [6, 6.07) is 7.64. The molecule has 2 fully saturated rings. The lowest BCUT2D eigenvalue weighted by Gasteiger charge is -2.70. The highest BCUT2D eigenvalue weighted by Gasteiger charge is 2.78. The van der Waals surface area contributed by atoms with E-state index in [1.54, 1.807) is 0 Å². The van der Waals surface area contributed by atoms with Crippen LogP contribution >= 0.6 is 11.8 Å². The Morgan fingerprint density at radius 3 is 3.00 bits per heavy atom. The van der Waals surface area contributed by atoms with E-state index in [0.717, 1.165) is 25.1 Å². The maximum absolute atomic E-state index is 10.1. The zero-order valence-corrected chi connectivity index (χ0v) is 15.7. The maximum atomic E-state index is 10.1. The first-order chi connectivity index (χ1) is 12.0. The van der Waals surface area contributed by atoms with Crippen molar-refractivity contribution >= 4 is 11.8 Å². The highest BCUT2D eigenvalue weighted by molar-refractivity contribution is 8.01. The van der Waals surface area contributed by atoms with Crippen molar-refractivity contribution in [2.24, 2.45) is 5.41 Å². The molecule has 4 bridgehead atoms. The van der Waals surface area contributed by atoms with E-state index < -0.39 is 0 Å². The van der Waals surface area contributed by atoms with Gasteiger partial charge in [0.2, 0.25) is 0 Å². The molecule has 2 saturated heterocycles. The Morgan fingerprint density at radius 2 is 2.20 bits per heavy atom. The topological polar surface area (TPSA) is 36.3 Å². The van der Waals surface area contributed by atoms with Gasteiger partial charge in [-0.2, -0.15) is 5.26 Å². The van der Waals surface area contributed by atoms with Crippen molar-refractivity contribution in [1.82, 2.24) is 4.90 Å². The number of thioether (sulfide) groups is 1. The van der Waals surface area contributed by atoms with Crippen LogP contribution in [0.3, 0.4) is 0 Å². The number of piperidine rings is 1. The molecule has 4 aliphatic heterocycles. The normalized spacial score (nSPS) is 48.0. The second kappa shape index (κ2) is 4.10. The molecule has 1 aromatic carbocycles. The molecule has 128 valence electrons. The average molecular weight is 350 g/mol. The first-order valence-corrected chi connectivity index (χ1v) is 10.1. The lowest BCUT2D eigenvalue weighted by molar-refractivity contribution is -0.0760. The summed E-state index contributed by atoms with van der Waals surface area (Å²) in [6.45, 7) is 5.54. The quantitative estimate of drug-likeness (QED) is 0.673. The van der Waals surface area contributed by atoms with E-state index in [1.807, 2.05) is 11.8 Å². The molecule has 6 atom stereocenters. The third-order valence-corrected chi connectivity index (χ3v) is 9.42. The first-order valence-electron chi connectivity index (χ1n) is 9.25. The lowest BCUT2D eigenvalue weighted by Crippen LogP contribution is -2.78. The van der Waals surface area contributed by atoms with Crippen molar-refractivity contribution in [3.8, 4) is 11.8 Å². The highest BCUT2D eigenvalue weighted by atomic mass is 32.2. The van der Waals surface area contributed by atoms with Crippen LogP contribution in [0.4, 0.5) is 0 Å². The molecule has 7 rings (SSSR count). The van der Waals surface area contributed by atoms with Crippen molar-refractivity contribution in [1.29, 1.82) is 5.26 Å². The Morgan fingerprint density at radius 1 is 1.36 bits per heavy atom. The first kappa shape index (κ1) is 14.7. The number of aryl methyl sites for hydroxylation is 1. The number of fused-ring (bicyclic) bond motifs is 1. The van der Waals surface area contributed by atoms with Gasteiger partial charge in [0.25, 0.3) is 0 Å². The number of likely N-dealkylation sites (tertiary alicyclic amines) is 1. The monoisotopic (exact) mass is 350 g/mol. The van der Waals surface area contributed by atoms with Gasteiger partial charge >= 0.3 is 0 Å². The summed E-state index contributed by atoms with van der Waals surface area (Å²) < 4.78 is 6.65. The van der Waals surface area contributed by atoms with E-state index in [9.17, 15) is 5.26 Å². The third kappa shape index (κ3) is 1.27. The van der Waals surface area contributed by atoms with Crippen LogP contribution in [0.15, 0.2) is 24.3 Å². The molecule has 0 unspecified atom stereocenters. The number of hydrogen-bond donors (Lipinski definition) is 0. The fourth-order valence-corrected chi connectivity index (χ4v) is 8.57. The highest BCUT2D eigenvalue weighted by Crippen LogP contribution is 2.75. The standard InChI is InChI=1S/C21H22N2OS/c1-12-4-5-13-10-14-20-7-6-19(2,25-15(20)11-22)18-21(20,8-9-23(14)3)16(13)17(12)24-18/h4-7,14-15,18H,8-10H2,1-3H3/t14-,15+,18+,19-,20+,21+/m1/s1. The van der Waals surface area contributed by atoms with Gasteiger partial charge in [-0.3, -0.25) is 0 Å². The van der Waals surface area contributed by atoms with E-state index in [1.165, 1.54) is 16.7 Å². The predicted molar refractivity (Wildman–Crippen MR) is 99.0 cm³/mol. The number of benzene rings is 1. The van der Waals surface area contributed by atoms with Gasteiger partial charge in [-0.15, -0.1) is 11.8 Å².